The van der Waals surface area contributed by atoms with Gasteiger partial charge in [-0.25, -0.2) is 4.98 Å². The van der Waals surface area contributed by atoms with Crippen molar-refractivity contribution in [2.45, 2.75) is 45.7 Å². The molecule has 3 N–H and O–H groups in total. The predicted molar refractivity (Wildman–Crippen MR) is 70.0 cm³/mol. The predicted octanol–water partition coefficient (Wildman–Crippen LogP) is 0.976. The van der Waals surface area contributed by atoms with Gasteiger partial charge in [-0.1, -0.05) is 13.8 Å². The number of aromatic amines is 1. The molecule has 2 heterocycles. The monoisotopic (exact) mass is 250 g/mol. The summed E-state index contributed by atoms with van der Waals surface area (Å²) in [6.45, 7) is 5.86. The summed E-state index contributed by atoms with van der Waals surface area (Å²) in [5.74, 6) is 0.786. The van der Waals surface area contributed by atoms with Gasteiger partial charge in [0.1, 0.15) is 0 Å². The fraction of sp³-hybridized carbons (Fsp3) is 0.692. The van der Waals surface area contributed by atoms with E-state index in [0.29, 0.717) is 18.9 Å². The van der Waals surface area contributed by atoms with Crippen LogP contribution in [0, 0.1) is 5.92 Å². The second kappa shape index (κ2) is 6.00. The van der Waals surface area contributed by atoms with E-state index in [1.807, 2.05) is 0 Å². The minimum atomic E-state index is -0.139. The van der Waals surface area contributed by atoms with Crippen molar-refractivity contribution in [2.24, 2.45) is 5.92 Å². The zero-order chi connectivity index (χ0) is 13.0. The fourth-order valence-corrected chi connectivity index (χ4v) is 2.20. The molecule has 0 saturated heterocycles. The highest BCUT2D eigenvalue weighted by atomic mass is 16.2. The Morgan fingerprint density at radius 2 is 2.44 bits per heavy atom. The lowest BCUT2D eigenvalue weighted by Gasteiger charge is -2.22. The largest absolute Gasteiger partial charge is 0.355 e. The van der Waals surface area contributed by atoms with Crippen LogP contribution >= 0.6 is 0 Å². The summed E-state index contributed by atoms with van der Waals surface area (Å²) in [6.07, 6.45) is 4.57. The van der Waals surface area contributed by atoms with E-state index < -0.39 is 0 Å². The molecule has 1 aliphatic heterocycles. The second-order valence-corrected chi connectivity index (χ2v) is 5.29. The van der Waals surface area contributed by atoms with Crippen molar-refractivity contribution in [2.75, 3.05) is 6.54 Å². The number of hydrogen-bond acceptors (Lipinski definition) is 3. The first-order valence-electron chi connectivity index (χ1n) is 6.69. The SMILES string of the molecule is CC(C)CCCNC(=O)C1Cc2nc[nH]c2CN1. The second-order valence-electron chi connectivity index (χ2n) is 5.29. The summed E-state index contributed by atoms with van der Waals surface area (Å²) in [6, 6.07) is -0.139. The van der Waals surface area contributed by atoms with Crippen molar-refractivity contribution in [3.8, 4) is 0 Å². The van der Waals surface area contributed by atoms with Gasteiger partial charge >= 0.3 is 0 Å². The maximum Gasteiger partial charge on any atom is 0.237 e. The third-order valence-corrected chi connectivity index (χ3v) is 3.30. The Bertz CT molecular complexity index is 399. The van der Waals surface area contributed by atoms with E-state index in [2.05, 4.69) is 34.4 Å². The van der Waals surface area contributed by atoms with E-state index in [-0.39, 0.29) is 11.9 Å². The number of imidazole rings is 1. The quantitative estimate of drug-likeness (QED) is 0.682. The molecule has 0 radical (unpaired) electrons. The molecule has 2 rings (SSSR count). The molecule has 100 valence electrons. The molecule has 0 spiro atoms. The number of rotatable bonds is 5. The fourth-order valence-electron chi connectivity index (χ4n) is 2.20. The van der Waals surface area contributed by atoms with Crippen LogP contribution in [0.2, 0.25) is 0 Å². The molecule has 1 aliphatic rings. The Morgan fingerprint density at radius 1 is 1.61 bits per heavy atom. The van der Waals surface area contributed by atoms with Crippen molar-refractivity contribution in [1.82, 2.24) is 20.6 Å². The molecule has 0 aromatic carbocycles. The Balaban J connectivity index is 1.74. The van der Waals surface area contributed by atoms with Gasteiger partial charge in [0.2, 0.25) is 5.91 Å². The molecule has 5 heteroatoms. The maximum absolute atomic E-state index is 12.0. The molecule has 1 aromatic heterocycles. The summed E-state index contributed by atoms with van der Waals surface area (Å²) >= 11 is 0. The number of H-pyrrole nitrogens is 1. The van der Waals surface area contributed by atoms with E-state index in [1.165, 1.54) is 0 Å². The van der Waals surface area contributed by atoms with E-state index >= 15 is 0 Å². The molecule has 18 heavy (non-hydrogen) atoms. The van der Waals surface area contributed by atoms with Gasteiger partial charge in [-0.2, -0.15) is 0 Å². The van der Waals surface area contributed by atoms with Crippen LogP contribution in [-0.2, 0) is 17.8 Å². The molecule has 1 aromatic rings. The highest BCUT2D eigenvalue weighted by molar-refractivity contribution is 5.82. The third kappa shape index (κ3) is 3.32. The topological polar surface area (TPSA) is 69.8 Å². The minimum absolute atomic E-state index is 0.0902. The lowest BCUT2D eigenvalue weighted by molar-refractivity contribution is -0.123. The van der Waals surface area contributed by atoms with Crippen LogP contribution in [-0.4, -0.2) is 28.5 Å². The van der Waals surface area contributed by atoms with E-state index in [4.69, 9.17) is 0 Å². The van der Waals surface area contributed by atoms with Crippen LogP contribution in [0.4, 0.5) is 0 Å². The zero-order valence-electron chi connectivity index (χ0n) is 11.1. The average Bonchev–Trinajstić information content (AvgIpc) is 2.81. The molecule has 1 amide bonds. The molecule has 0 aliphatic carbocycles. The van der Waals surface area contributed by atoms with Gasteiger partial charge in [-0.15, -0.1) is 0 Å². The standard InChI is InChI=1S/C13H22N4O/c1-9(2)4-3-5-14-13(18)11-6-10-12(7-15-11)17-8-16-10/h8-9,11,15H,3-7H2,1-2H3,(H,14,18)(H,16,17). The lowest BCUT2D eigenvalue weighted by atomic mass is 10.0. The summed E-state index contributed by atoms with van der Waals surface area (Å²) in [5, 5.41) is 6.22. The summed E-state index contributed by atoms with van der Waals surface area (Å²) in [4.78, 5) is 19.3. The number of aromatic nitrogens is 2. The number of fused-ring (bicyclic) bond motifs is 1. The van der Waals surface area contributed by atoms with E-state index in [0.717, 1.165) is 30.8 Å². The number of nitrogens with zero attached hydrogens (tertiary/aromatic N) is 1. The Labute approximate surface area is 108 Å². The van der Waals surface area contributed by atoms with Crippen LogP contribution in [0.5, 0.6) is 0 Å². The summed E-state index contributed by atoms with van der Waals surface area (Å²) < 4.78 is 0. The highest BCUT2D eigenvalue weighted by Crippen LogP contribution is 2.12. The van der Waals surface area contributed by atoms with Crippen LogP contribution in [0.1, 0.15) is 38.1 Å². The summed E-state index contributed by atoms with van der Waals surface area (Å²) in [7, 11) is 0. The van der Waals surface area contributed by atoms with Crippen molar-refractivity contribution in [3.63, 3.8) is 0 Å². The van der Waals surface area contributed by atoms with Gasteiger partial charge in [0.25, 0.3) is 0 Å². The van der Waals surface area contributed by atoms with E-state index in [9.17, 15) is 4.79 Å². The molecule has 0 saturated carbocycles. The van der Waals surface area contributed by atoms with Crippen molar-refractivity contribution in [3.05, 3.63) is 17.7 Å². The average molecular weight is 250 g/mol. The molecule has 0 fully saturated rings. The smallest absolute Gasteiger partial charge is 0.237 e. The number of nitrogens with one attached hydrogen (secondary N) is 3. The molecule has 5 nitrogen and oxygen atoms in total. The zero-order valence-corrected chi connectivity index (χ0v) is 11.1. The number of hydrogen-bond donors (Lipinski definition) is 3. The van der Waals surface area contributed by atoms with Crippen LogP contribution in [0.3, 0.4) is 0 Å². The molecule has 1 atom stereocenters. The highest BCUT2D eigenvalue weighted by Gasteiger charge is 2.25. The number of amides is 1. The molecular weight excluding hydrogens is 228 g/mol. The molecule has 0 bridgehead atoms. The van der Waals surface area contributed by atoms with Gasteiger partial charge in [0.15, 0.2) is 0 Å². The Kier molecular flexibility index (Phi) is 4.36. The number of carbonyl (C=O) groups is 1. The Morgan fingerprint density at radius 3 is 3.22 bits per heavy atom. The third-order valence-electron chi connectivity index (χ3n) is 3.30. The molecular formula is C13H22N4O. The summed E-state index contributed by atoms with van der Waals surface area (Å²) in [5.41, 5.74) is 2.11. The first-order valence-corrected chi connectivity index (χ1v) is 6.69. The van der Waals surface area contributed by atoms with Crippen LogP contribution in [0.25, 0.3) is 0 Å². The van der Waals surface area contributed by atoms with Crippen LogP contribution in [0.15, 0.2) is 6.33 Å². The normalized spacial score (nSPS) is 18.7. The first kappa shape index (κ1) is 13.1. The minimum Gasteiger partial charge on any atom is -0.355 e. The van der Waals surface area contributed by atoms with Crippen LogP contribution < -0.4 is 10.6 Å². The van der Waals surface area contributed by atoms with Crippen molar-refractivity contribution < 1.29 is 4.79 Å². The number of carbonyl (C=O) groups excluding carboxylic acids is 1. The van der Waals surface area contributed by atoms with Gasteiger partial charge in [-0.3, -0.25) is 10.1 Å². The van der Waals surface area contributed by atoms with Gasteiger partial charge < -0.3 is 10.3 Å². The lowest BCUT2D eigenvalue weighted by Crippen LogP contribution is -2.47. The molecule has 1 unspecified atom stereocenters. The first-order chi connectivity index (χ1) is 8.66. The van der Waals surface area contributed by atoms with Crippen molar-refractivity contribution >= 4 is 5.91 Å². The maximum atomic E-state index is 12.0. The van der Waals surface area contributed by atoms with Gasteiger partial charge in [0, 0.05) is 19.5 Å². The Hall–Kier alpha value is -1.36. The van der Waals surface area contributed by atoms with E-state index in [1.54, 1.807) is 6.33 Å². The van der Waals surface area contributed by atoms with Gasteiger partial charge in [-0.05, 0) is 18.8 Å². The van der Waals surface area contributed by atoms with Crippen molar-refractivity contribution in [1.29, 1.82) is 0 Å². The van der Waals surface area contributed by atoms with Gasteiger partial charge in [0.05, 0.1) is 23.8 Å².